The van der Waals surface area contributed by atoms with Gasteiger partial charge in [-0.1, -0.05) is 74.0 Å². The summed E-state index contributed by atoms with van der Waals surface area (Å²) in [5.74, 6) is 0. The van der Waals surface area contributed by atoms with Crippen molar-refractivity contribution in [2.24, 2.45) is 0 Å². The Kier molecular flexibility index (Phi) is 9.37. The predicted molar refractivity (Wildman–Crippen MR) is 135 cm³/mol. The Morgan fingerprint density at radius 2 is 1.14 bits per heavy atom. The largest absolute Gasteiger partial charge is 0.744 e. The van der Waals surface area contributed by atoms with Crippen molar-refractivity contribution < 1.29 is 26.1 Å². The molecule has 0 spiro atoms. The first-order valence-corrected chi connectivity index (χ1v) is 13.8. The molecule has 3 nitrogen and oxygen atoms in total. The summed E-state index contributed by atoms with van der Waals surface area (Å²) in [7, 11) is -5.11. The van der Waals surface area contributed by atoms with Crippen molar-refractivity contribution in [1.29, 1.82) is 0 Å². The van der Waals surface area contributed by atoms with E-state index in [0.29, 0.717) is 12.1 Å². The zero-order valence-electron chi connectivity index (χ0n) is 19.5. The molecular weight excluding hydrogens is 505 g/mol. The van der Waals surface area contributed by atoms with E-state index >= 15 is 0 Å². The SMILES string of the molecule is CCCc1ccc([S+](c2ccccc2)c2ccccc2)cc1.O=S(=O)([O-])c1ccccc1C(F)(F)F. The molecule has 4 rings (SSSR count). The molecule has 0 aliphatic heterocycles. The van der Waals surface area contributed by atoms with Gasteiger partial charge in [-0.15, -0.1) is 0 Å². The standard InChI is InChI=1S/C21H21S.C7H5F3O3S/c1-2-9-18-14-16-21(17-15-18)22(19-10-5-3-6-11-19)20-12-7-4-8-13-20;8-7(9,10)5-3-1-2-4-6(5)14(11,12)13/h3-8,10-17H,2,9H2,1H3;1-4H,(H,11,12,13)/q+1;/p-1. The number of benzene rings is 4. The molecule has 4 aromatic carbocycles. The van der Waals surface area contributed by atoms with Gasteiger partial charge >= 0.3 is 6.18 Å². The molecule has 0 amide bonds. The fourth-order valence-electron chi connectivity index (χ4n) is 3.52. The molecule has 0 atom stereocenters. The number of halogens is 3. The van der Waals surface area contributed by atoms with Crippen molar-refractivity contribution in [2.45, 2.75) is 45.5 Å². The number of hydrogen-bond acceptors (Lipinski definition) is 3. The molecule has 0 fully saturated rings. The molecule has 0 aromatic heterocycles. The van der Waals surface area contributed by atoms with Gasteiger partial charge in [-0.2, -0.15) is 13.2 Å². The zero-order chi connectivity index (χ0) is 26.2. The molecule has 36 heavy (non-hydrogen) atoms. The highest BCUT2D eigenvalue weighted by Gasteiger charge is 2.34. The van der Waals surface area contributed by atoms with Crippen LogP contribution in [0.5, 0.6) is 0 Å². The predicted octanol–water partition coefficient (Wildman–Crippen LogP) is 7.34. The molecule has 0 unspecified atom stereocenters. The Bertz CT molecular complexity index is 1300. The molecule has 0 saturated carbocycles. The van der Waals surface area contributed by atoms with E-state index in [1.807, 2.05) is 0 Å². The number of aryl methyl sites for hydroxylation is 1. The first kappa shape index (κ1) is 27.5. The number of hydrogen-bond donors (Lipinski definition) is 0. The molecule has 0 heterocycles. The molecule has 4 aromatic rings. The van der Waals surface area contributed by atoms with Crippen LogP contribution in [0, 0.1) is 0 Å². The van der Waals surface area contributed by atoms with Crippen LogP contribution in [0.25, 0.3) is 0 Å². The van der Waals surface area contributed by atoms with E-state index in [1.165, 1.54) is 26.7 Å². The monoisotopic (exact) mass is 530 g/mol. The van der Waals surface area contributed by atoms with Crippen molar-refractivity contribution in [2.75, 3.05) is 0 Å². The van der Waals surface area contributed by atoms with Gasteiger partial charge in [0, 0.05) is 0 Å². The van der Waals surface area contributed by atoms with Gasteiger partial charge in [-0.25, -0.2) is 8.42 Å². The highest BCUT2D eigenvalue weighted by atomic mass is 32.2. The summed E-state index contributed by atoms with van der Waals surface area (Å²) < 4.78 is 67.9. The van der Waals surface area contributed by atoms with Crippen molar-refractivity contribution in [1.82, 2.24) is 0 Å². The highest BCUT2D eigenvalue weighted by molar-refractivity contribution is 7.97. The van der Waals surface area contributed by atoms with Crippen LogP contribution < -0.4 is 0 Å². The summed E-state index contributed by atoms with van der Waals surface area (Å²) in [6, 6.07) is 34.0. The average Bonchev–Trinajstić information content (AvgIpc) is 2.86. The highest BCUT2D eigenvalue weighted by Crippen LogP contribution is 2.34. The van der Waals surface area contributed by atoms with Gasteiger partial charge in [0.05, 0.1) is 21.4 Å². The Labute approximate surface area is 212 Å². The Morgan fingerprint density at radius 1 is 0.694 bits per heavy atom. The molecule has 0 radical (unpaired) electrons. The van der Waals surface area contributed by atoms with Gasteiger partial charge < -0.3 is 4.55 Å². The third-order valence-corrected chi connectivity index (χ3v) is 8.24. The van der Waals surface area contributed by atoms with Gasteiger partial charge in [0.1, 0.15) is 10.1 Å². The van der Waals surface area contributed by atoms with E-state index in [0.717, 1.165) is 18.6 Å². The van der Waals surface area contributed by atoms with E-state index in [4.69, 9.17) is 0 Å². The quantitative estimate of drug-likeness (QED) is 0.194. The van der Waals surface area contributed by atoms with E-state index in [9.17, 15) is 26.1 Å². The maximum absolute atomic E-state index is 12.2. The van der Waals surface area contributed by atoms with E-state index in [1.54, 1.807) is 0 Å². The molecule has 0 saturated heterocycles. The topological polar surface area (TPSA) is 57.2 Å². The summed E-state index contributed by atoms with van der Waals surface area (Å²) in [5, 5.41) is 0. The average molecular weight is 531 g/mol. The van der Waals surface area contributed by atoms with Crippen molar-refractivity contribution in [3.8, 4) is 0 Å². The molecule has 0 bridgehead atoms. The van der Waals surface area contributed by atoms with E-state index < -0.39 is 26.8 Å². The van der Waals surface area contributed by atoms with Crippen LogP contribution in [-0.4, -0.2) is 13.0 Å². The van der Waals surface area contributed by atoms with Gasteiger partial charge in [0.2, 0.25) is 0 Å². The maximum atomic E-state index is 12.2. The normalized spacial score (nSPS) is 11.6. The Morgan fingerprint density at radius 3 is 1.56 bits per heavy atom. The van der Waals surface area contributed by atoms with Gasteiger partial charge in [0.15, 0.2) is 14.7 Å². The van der Waals surface area contributed by atoms with Gasteiger partial charge in [-0.05, 0) is 60.5 Å². The first-order chi connectivity index (χ1) is 17.1. The second-order valence-corrected chi connectivity index (χ2v) is 11.1. The van der Waals surface area contributed by atoms with Crippen LogP contribution in [0.15, 0.2) is 129 Å². The number of alkyl halides is 3. The molecular formula is C28H25F3O3S2. The third-order valence-electron chi connectivity index (χ3n) is 5.12. The minimum absolute atomic E-state index is 0.0268. The van der Waals surface area contributed by atoms with Crippen LogP contribution >= 0.6 is 0 Å². The van der Waals surface area contributed by atoms with Crippen LogP contribution in [0.1, 0.15) is 24.5 Å². The first-order valence-electron chi connectivity index (χ1n) is 11.2. The Hall–Kier alpha value is -3.07. The van der Waals surface area contributed by atoms with E-state index in [2.05, 4.69) is 91.9 Å². The lowest BCUT2D eigenvalue weighted by molar-refractivity contribution is -0.140. The minimum Gasteiger partial charge on any atom is -0.744 e. The summed E-state index contributed by atoms with van der Waals surface area (Å²) in [4.78, 5) is 2.89. The van der Waals surface area contributed by atoms with E-state index in [-0.39, 0.29) is 10.9 Å². The lowest BCUT2D eigenvalue weighted by atomic mass is 10.1. The third kappa shape index (κ3) is 7.46. The van der Waals surface area contributed by atoms with Gasteiger partial charge in [-0.3, -0.25) is 0 Å². The maximum Gasteiger partial charge on any atom is 0.417 e. The smallest absolute Gasteiger partial charge is 0.417 e. The number of rotatable bonds is 6. The Balaban J connectivity index is 0.000000223. The van der Waals surface area contributed by atoms with Crippen molar-refractivity contribution >= 4 is 21.0 Å². The summed E-state index contributed by atoms with van der Waals surface area (Å²) in [6.45, 7) is 2.23. The zero-order valence-corrected chi connectivity index (χ0v) is 21.1. The van der Waals surface area contributed by atoms with Crippen molar-refractivity contribution in [3.05, 3.63) is 120 Å². The summed E-state index contributed by atoms with van der Waals surface area (Å²) in [6.07, 6.45) is -2.48. The van der Waals surface area contributed by atoms with Crippen LogP contribution in [-0.2, 0) is 33.6 Å². The summed E-state index contributed by atoms with van der Waals surface area (Å²) in [5.41, 5.74) is -0.00840. The molecule has 0 aliphatic rings. The lowest BCUT2D eigenvalue weighted by Crippen LogP contribution is -2.12. The fourth-order valence-corrected chi connectivity index (χ4v) is 6.30. The summed E-state index contributed by atoms with van der Waals surface area (Å²) >= 11 is 0. The van der Waals surface area contributed by atoms with Crippen LogP contribution in [0.3, 0.4) is 0 Å². The van der Waals surface area contributed by atoms with Crippen LogP contribution in [0.4, 0.5) is 13.2 Å². The second kappa shape index (κ2) is 12.3. The molecule has 0 aliphatic carbocycles. The second-order valence-electron chi connectivity index (χ2n) is 7.77. The fraction of sp³-hybridized carbons (Fsp3) is 0.143. The minimum atomic E-state index is -5.09. The van der Waals surface area contributed by atoms with Crippen LogP contribution in [0.2, 0.25) is 0 Å². The van der Waals surface area contributed by atoms with Crippen molar-refractivity contribution in [3.63, 3.8) is 0 Å². The van der Waals surface area contributed by atoms with Gasteiger partial charge in [0.25, 0.3) is 0 Å². The molecule has 0 N–H and O–H groups in total. The lowest BCUT2D eigenvalue weighted by Gasteiger charge is -2.14. The molecule has 188 valence electrons. The molecule has 8 heteroatoms.